The van der Waals surface area contributed by atoms with Gasteiger partial charge < -0.3 is 14.8 Å². The summed E-state index contributed by atoms with van der Waals surface area (Å²) in [5.74, 6) is 0. The van der Waals surface area contributed by atoms with Crippen molar-refractivity contribution in [3.8, 4) is 0 Å². The van der Waals surface area contributed by atoms with E-state index < -0.39 is 10.0 Å². The third-order valence-electron chi connectivity index (χ3n) is 5.56. The second kappa shape index (κ2) is 8.90. The second-order valence-corrected chi connectivity index (χ2v) is 9.88. The Hall–Kier alpha value is -2.55. The fraction of sp³-hybridized carbons (Fsp3) is 0.318. The van der Waals surface area contributed by atoms with Gasteiger partial charge in [0, 0.05) is 60.5 Å². The molecule has 1 aliphatic heterocycles. The van der Waals surface area contributed by atoms with E-state index in [9.17, 15) is 13.2 Å². The Kier molecular flexibility index (Phi) is 6.22. The molecule has 0 spiro atoms. The number of carbonyl (C=O) groups is 1. The molecule has 4 rings (SSSR count). The lowest BCUT2D eigenvalue weighted by atomic mass is 10.2. The van der Waals surface area contributed by atoms with Gasteiger partial charge >= 0.3 is 6.03 Å². The molecule has 0 bridgehead atoms. The quantitative estimate of drug-likeness (QED) is 0.632. The molecule has 1 aliphatic rings. The summed E-state index contributed by atoms with van der Waals surface area (Å²) in [6.45, 7) is 4.33. The number of hydrogen-bond acceptors (Lipinski definition) is 3. The summed E-state index contributed by atoms with van der Waals surface area (Å²) in [5.41, 5.74) is 1.66. The van der Waals surface area contributed by atoms with Gasteiger partial charge in [0.15, 0.2) is 0 Å². The van der Waals surface area contributed by atoms with E-state index >= 15 is 0 Å². The molecule has 31 heavy (non-hydrogen) atoms. The fourth-order valence-corrected chi connectivity index (χ4v) is 5.47. The van der Waals surface area contributed by atoms with E-state index in [2.05, 4.69) is 16.8 Å². The number of amides is 2. The third kappa shape index (κ3) is 4.56. The smallest absolute Gasteiger partial charge is 0.321 e. The van der Waals surface area contributed by atoms with Crippen molar-refractivity contribution in [3.05, 3.63) is 59.8 Å². The van der Waals surface area contributed by atoms with Gasteiger partial charge in [-0.3, -0.25) is 0 Å². The number of urea groups is 1. The van der Waals surface area contributed by atoms with Crippen LogP contribution in [0.15, 0.2) is 59.6 Å². The van der Waals surface area contributed by atoms with E-state index in [1.54, 1.807) is 41.3 Å². The summed E-state index contributed by atoms with van der Waals surface area (Å²) >= 11 is 5.88. The first kappa shape index (κ1) is 21.7. The average molecular weight is 461 g/mol. The maximum Gasteiger partial charge on any atom is 0.321 e. The van der Waals surface area contributed by atoms with Crippen LogP contribution in [0, 0.1) is 0 Å². The molecule has 164 valence electrons. The van der Waals surface area contributed by atoms with Crippen molar-refractivity contribution in [2.24, 2.45) is 0 Å². The van der Waals surface area contributed by atoms with Crippen molar-refractivity contribution in [1.82, 2.24) is 13.8 Å². The summed E-state index contributed by atoms with van der Waals surface area (Å²) in [5, 5.41) is 4.34. The highest BCUT2D eigenvalue weighted by Crippen LogP contribution is 2.24. The van der Waals surface area contributed by atoms with Crippen molar-refractivity contribution < 1.29 is 13.2 Å². The van der Waals surface area contributed by atoms with Gasteiger partial charge in [0.2, 0.25) is 10.0 Å². The first-order chi connectivity index (χ1) is 14.9. The minimum absolute atomic E-state index is 0.246. The van der Waals surface area contributed by atoms with Crippen LogP contribution >= 0.6 is 11.6 Å². The zero-order valence-electron chi connectivity index (χ0n) is 17.3. The van der Waals surface area contributed by atoms with Crippen molar-refractivity contribution in [3.63, 3.8) is 0 Å². The van der Waals surface area contributed by atoms with Crippen LogP contribution in [0.3, 0.4) is 0 Å². The number of sulfonamides is 1. The van der Waals surface area contributed by atoms with Crippen LogP contribution in [0.1, 0.15) is 13.3 Å². The van der Waals surface area contributed by atoms with E-state index in [1.807, 2.05) is 18.3 Å². The van der Waals surface area contributed by atoms with Crippen molar-refractivity contribution in [2.45, 2.75) is 24.8 Å². The standard InChI is InChI=1S/C22H25ClN4O3S/c1-2-25-13-10-17-16-20(8-9-21(17)25)31(29,30)27-12-3-11-26(14-15-27)22(28)24-19-6-4-18(23)5-7-19/h4-10,13,16H,2-3,11-12,14-15H2,1H3,(H,24,28). The molecule has 0 radical (unpaired) electrons. The van der Waals surface area contributed by atoms with Crippen molar-refractivity contribution in [2.75, 3.05) is 31.5 Å². The minimum atomic E-state index is -3.64. The number of fused-ring (bicyclic) bond motifs is 1. The van der Waals surface area contributed by atoms with Crippen molar-refractivity contribution in [1.29, 1.82) is 0 Å². The molecule has 1 fully saturated rings. The normalized spacial score (nSPS) is 15.7. The average Bonchev–Trinajstić information content (AvgIpc) is 3.00. The van der Waals surface area contributed by atoms with Crippen LogP contribution in [0.4, 0.5) is 10.5 Å². The summed E-state index contributed by atoms with van der Waals surface area (Å²) in [6, 6.07) is 13.8. The molecular formula is C22H25ClN4O3S. The Labute approximate surface area is 187 Å². The molecule has 7 nitrogen and oxygen atoms in total. The first-order valence-electron chi connectivity index (χ1n) is 10.3. The van der Waals surface area contributed by atoms with Crippen LogP contribution in [-0.4, -0.2) is 54.4 Å². The van der Waals surface area contributed by atoms with Crippen LogP contribution in [0.25, 0.3) is 10.9 Å². The summed E-state index contributed by atoms with van der Waals surface area (Å²) in [7, 11) is -3.64. The van der Waals surface area contributed by atoms with E-state index in [-0.39, 0.29) is 17.5 Å². The molecule has 0 aliphatic carbocycles. The van der Waals surface area contributed by atoms with Crippen LogP contribution in [0.5, 0.6) is 0 Å². The molecule has 2 aromatic carbocycles. The second-order valence-electron chi connectivity index (χ2n) is 7.50. The Balaban J connectivity index is 1.46. The van der Waals surface area contributed by atoms with Gasteiger partial charge in [0.1, 0.15) is 0 Å². The van der Waals surface area contributed by atoms with Gasteiger partial charge in [-0.15, -0.1) is 0 Å². The molecule has 0 saturated carbocycles. The number of rotatable bonds is 4. The van der Waals surface area contributed by atoms with Crippen molar-refractivity contribution >= 4 is 44.2 Å². The fourth-order valence-electron chi connectivity index (χ4n) is 3.84. The highest BCUT2D eigenvalue weighted by molar-refractivity contribution is 7.89. The van der Waals surface area contributed by atoms with Gasteiger partial charge in [-0.2, -0.15) is 4.31 Å². The molecule has 1 saturated heterocycles. The van der Waals surface area contributed by atoms with E-state index in [4.69, 9.17) is 11.6 Å². The monoisotopic (exact) mass is 460 g/mol. The topological polar surface area (TPSA) is 74.7 Å². The highest BCUT2D eigenvalue weighted by Gasteiger charge is 2.28. The third-order valence-corrected chi connectivity index (χ3v) is 7.71. The number of aromatic nitrogens is 1. The lowest BCUT2D eigenvalue weighted by Crippen LogP contribution is -2.39. The molecule has 1 N–H and O–H groups in total. The maximum absolute atomic E-state index is 13.2. The summed E-state index contributed by atoms with van der Waals surface area (Å²) < 4.78 is 30.0. The summed E-state index contributed by atoms with van der Waals surface area (Å²) in [4.78, 5) is 14.6. The van der Waals surface area contributed by atoms with Gasteiger partial charge in [-0.1, -0.05) is 11.6 Å². The Morgan fingerprint density at radius 1 is 1.03 bits per heavy atom. The molecule has 0 unspecified atom stereocenters. The number of anilines is 1. The first-order valence-corrected chi connectivity index (χ1v) is 12.1. The Morgan fingerprint density at radius 3 is 2.55 bits per heavy atom. The Morgan fingerprint density at radius 2 is 1.81 bits per heavy atom. The molecule has 9 heteroatoms. The number of nitrogens with zero attached hydrogens (tertiary/aromatic N) is 3. The van der Waals surface area contributed by atoms with Gasteiger partial charge in [-0.25, -0.2) is 13.2 Å². The lowest BCUT2D eigenvalue weighted by molar-refractivity contribution is 0.214. The molecule has 3 aromatic rings. The number of carbonyl (C=O) groups excluding carboxylic acids is 1. The molecule has 2 amide bonds. The van der Waals surface area contributed by atoms with Gasteiger partial charge in [0.05, 0.1) is 4.90 Å². The van der Waals surface area contributed by atoms with Crippen LogP contribution in [-0.2, 0) is 16.6 Å². The van der Waals surface area contributed by atoms with Gasteiger partial charge in [0.25, 0.3) is 0 Å². The number of halogens is 1. The highest BCUT2D eigenvalue weighted by atomic mass is 35.5. The van der Waals surface area contributed by atoms with Crippen LogP contribution < -0.4 is 5.32 Å². The predicted octanol–water partition coefficient (Wildman–Crippen LogP) is 4.24. The predicted molar refractivity (Wildman–Crippen MR) is 123 cm³/mol. The van der Waals surface area contributed by atoms with E-state index in [0.29, 0.717) is 36.8 Å². The number of aryl methyl sites for hydroxylation is 1. The zero-order valence-corrected chi connectivity index (χ0v) is 18.9. The lowest BCUT2D eigenvalue weighted by Gasteiger charge is -2.22. The SMILES string of the molecule is CCn1ccc2cc(S(=O)(=O)N3CCCN(C(=O)Nc4ccc(Cl)cc4)CC3)ccc21. The number of hydrogen-bond donors (Lipinski definition) is 1. The Bertz CT molecular complexity index is 1190. The molecule has 1 aromatic heterocycles. The minimum Gasteiger partial charge on any atom is -0.348 e. The van der Waals surface area contributed by atoms with Crippen LogP contribution in [0.2, 0.25) is 5.02 Å². The van der Waals surface area contributed by atoms with E-state index in [1.165, 1.54) is 4.31 Å². The maximum atomic E-state index is 13.2. The van der Waals surface area contributed by atoms with E-state index in [0.717, 1.165) is 17.4 Å². The summed E-state index contributed by atoms with van der Waals surface area (Å²) in [6.07, 6.45) is 2.53. The number of nitrogens with one attached hydrogen (secondary N) is 1. The zero-order chi connectivity index (χ0) is 22.0. The van der Waals surface area contributed by atoms with Gasteiger partial charge in [-0.05, 0) is 61.9 Å². The largest absolute Gasteiger partial charge is 0.348 e. The number of benzene rings is 2. The molecule has 0 atom stereocenters. The molecule has 2 heterocycles. The molecular weight excluding hydrogens is 436 g/mol.